The van der Waals surface area contributed by atoms with Gasteiger partial charge in [-0.1, -0.05) is 45.0 Å². The highest BCUT2D eigenvalue weighted by Gasteiger charge is 2.21. The van der Waals surface area contributed by atoms with Gasteiger partial charge in [-0.3, -0.25) is 0 Å². The molecular formula is C20H34N2. The lowest BCUT2D eigenvalue weighted by Gasteiger charge is -2.30. The molecule has 0 amide bonds. The molecule has 2 rings (SSSR count). The Balaban J connectivity index is 1.81. The monoisotopic (exact) mass is 302 g/mol. The van der Waals surface area contributed by atoms with Gasteiger partial charge < -0.3 is 10.6 Å². The van der Waals surface area contributed by atoms with Gasteiger partial charge in [-0.25, -0.2) is 0 Å². The first-order chi connectivity index (χ1) is 10.4. The van der Waals surface area contributed by atoms with Crippen LogP contribution in [-0.4, -0.2) is 25.0 Å². The van der Waals surface area contributed by atoms with Gasteiger partial charge in [-0.2, -0.15) is 0 Å². The molecule has 0 aliphatic heterocycles. The summed E-state index contributed by atoms with van der Waals surface area (Å²) < 4.78 is 0. The molecule has 2 nitrogen and oxygen atoms in total. The van der Waals surface area contributed by atoms with Gasteiger partial charge in [0.2, 0.25) is 0 Å². The number of nitrogens with zero attached hydrogens (tertiary/aromatic N) is 1. The lowest BCUT2D eigenvalue weighted by molar-refractivity contribution is 0.201. The predicted octanol–water partition coefficient (Wildman–Crippen LogP) is 4.18. The van der Waals surface area contributed by atoms with Crippen molar-refractivity contribution >= 4 is 0 Å². The zero-order valence-corrected chi connectivity index (χ0v) is 14.9. The molecule has 0 unspecified atom stereocenters. The summed E-state index contributed by atoms with van der Waals surface area (Å²) >= 11 is 0. The van der Waals surface area contributed by atoms with E-state index in [-0.39, 0.29) is 5.41 Å². The smallest absolute Gasteiger partial charge is 0.0230 e. The molecule has 1 aliphatic rings. The fourth-order valence-electron chi connectivity index (χ4n) is 3.58. The Bertz CT molecular complexity index is 436. The molecular weight excluding hydrogens is 268 g/mol. The quantitative estimate of drug-likeness (QED) is 0.884. The molecule has 1 aliphatic carbocycles. The van der Waals surface area contributed by atoms with E-state index in [4.69, 9.17) is 5.73 Å². The second-order valence-corrected chi connectivity index (χ2v) is 8.27. The lowest BCUT2D eigenvalue weighted by atomic mass is 9.82. The Morgan fingerprint density at radius 3 is 2.05 bits per heavy atom. The van der Waals surface area contributed by atoms with Crippen LogP contribution < -0.4 is 5.73 Å². The first kappa shape index (κ1) is 17.5. The number of benzene rings is 1. The average Bonchev–Trinajstić information content (AvgIpc) is 2.47. The van der Waals surface area contributed by atoms with E-state index in [9.17, 15) is 0 Å². The molecule has 1 fully saturated rings. The highest BCUT2D eigenvalue weighted by Crippen LogP contribution is 2.29. The summed E-state index contributed by atoms with van der Waals surface area (Å²) in [6.07, 6.45) is 5.37. The zero-order valence-electron chi connectivity index (χ0n) is 14.9. The molecule has 0 aromatic heterocycles. The highest BCUT2D eigenvalue weighted by molar-refractivity contribution is 5.27. The fourth-order valence-corrected chi connectivity index (χ4v) is 3.58. The summed E-state index contributed by atoms with van der Waals surface area (Å²) in [7, 11) is 2.26. The van der Waals surface area contributed by atoms with Crippen molar-refractivity contribution in [1.82, 2.24) is 4.90 Å². The maximum atomic E-state index is 5.78. The van der Waals surface area contributed by atoms with Gasteiger partial charge in [0.15, 0.2) is 0 Å². The Labute approximate surface area is 137 Å². The topological polar surface area (TPSA) is 29.3 Å². The largest absolute Gasteiger partial charge is 0.330 e. The van der Waals surface area contributed by atoms with Gasteiger partial charge in [-0.05, 0) is 67.7 Å². The van der Waals surface area contributed by atoms with Crippen LogP contribution in [0.3, 0.4) is 0 Å². The molecule has 124 valence electrons. The molecule has 0 atom stereocenters. The molecule has 1 saturated carbocycles. The number of nitrogens with two attached hydrogens (primary N) is 1. The maximum Gasteiger partial charge on any atom is 0.0230 e. The molecule has 2 heteroatoms. The molecule has 1 aromatic carbocycles. The van der Waals surface area contributed by atoms with Gasteiger partial charge in [0.05, 0.1) is 0 Å². The Morgan fingerprint density at radius 2 is 1.55 bits per heavy atom. The molecule has 0 heterocycles. The standard InChI is InChI=1S/C20H34N2/c1-20(2,3)19-11-9-18(10-12-19)15-22(4)14-17-7-5-16(13-21)6-8-17/h9-12,16-17H,5-8,13-15,21H2,1-4H3. The Morgan fingerprint density at radius 1 is 1.00 bits per heavy atom. The van der Waals surface area contributed by atoms with Crippen LogP contribution in [0.2, 0.25) is 0 Å². The SMILES string of the molecule is CN(Cc1ccc(C(C)(C)C)cc1)CC1CCC(CN)CC1. The van der Waals surface area contributed by atoms with Crippen molar-refractivity contribution in [3.63, 3.8) is 0 Å². The molecule has 0 radical (unpaired) electrons. The molecule has 22 heavy (non-hydrogen) atoms. The van der Waals surface area contributed by atoms with Crippen LogP contribution in [-0.2, 0) is 12.0 Å². The van der Waals surface area contributed by atoms with Crippen LogP contribution in [0.15, 0.2) is 24.3 Å². The van der Waals surface area contributed by atoms with Crippen molar-refractivity contribution in [2.75, 3.05) is 20.1 Å². The van der Waals surface area contributed by atoms with Crippen molar-refractivity contribution in [3.05, 3.63) is 35.4 Å². The van der Waals surface area contributed by atoms with Gasteiger partial charge >= 0.3 is 0 Å². The van der Waals surface area contributed by atoms with Gasteiger partial charge in [0, 0.05) is 13.1 Å². The molecule has 0 bridgehead atoms. The molecule has 0 spiro atoms. The molecule has 1 aromatic rings. The van der Waals surface area contributed by atoms with Crippen LogP contribution in [0.5, 0.6) is 0 Å². The summed E-state index contributed by atoms with van der Waals surface area (Å²) in [6, 6.07) is 9.16. The van der Waals surface area contributed by atoms with Crippen molar-refractivity contribution in [1.29, 1.82) is 0 Å². The molecule has 0 saturated heterocycles. The minimum absolute atomic E-state index is 0.242. The van der Waals surface area contributed by atoms with Gasteiger partial charge in [0.1, 0.15) is 0 Å². The second kappa shape index (κ2) is 7.61. The van der Waals surface area contributed by atoms with Gasteiger partial charge in [-0.15, -0.1) is 0 Å². The van der Waals surface area contributed by atoms with Crippen LogP contribution >= 0.6 is 0 Å². The van der Waals surface area contributed by atoms with Crippen molar-refractivity contribution in [3.8, 4) is 0 Å². The lowest BCUT2D eigenvalue weighted by Crippen LogP contribution is -2.29. The zero-order chi connectivity index (χ0) is 16.2. The number of rotatable bonds is 5. The second-order valence-electron chi connectivity index (χ2n) is 8.27. The number of hydrogen-bond acceptors (Lipinski definition) is 2. The average molecular weight is 303 g/mol. The maximum absolute atomic E-state index is 5.78. The summed E-state index contributed by atoms with van der Waals surface area (Å²) in [5, 5.41) is 0. The third kappa shape index (κ3) is 5.10. The van der Waals surface area contributed by atoms with Crippen LogP contribution in [0.1, 0.15) is 57.6 Å². The third-order valence-corrected chi connectivity index (χ3v) is 5.14. The minimum Gasteiger partial charge on any atom is -0.330 e. The van der Waals surface area contributed by atoms with E-state index in [0.29, 0.717) is 0 Å². The van der Waals surface area contributed by atoms with E-state index in [1.807, 2.05) is 0 Å². The van der Waals surface area contributed by atoms with Crippen LogP contribution in [0.4, 0.5) is 0 Å². The van der Waals surface area contributed by atoms with E-state index in [1.165, 1.54) is 43.4 Å². The Hall–Kier alpha value is -0.860. The first-order valence-corrected chi connectivity index (χ1v) is 8.86. The summed E-state index contributed by atoms with van der Waals surface area (Å²) in [4.78, 5) is 2.49. The van der Waals surface area contributed by atoms with E-state index >= 15 is 0 Å². The van der Waals surface area contributed by atoms with E-state index < -0.39 is 0 Å². The van der Waals surface area contributed by atoms with Gasteiger partial charge in [0.25, 0.3) is 0 Å². The van der Waals surface area contributed by atoms with Crippen molar-refractivity contribution in [2.45, 2.75) is 58.4 Å². The number of hydrogen-bond donors (Lipinski definition) is 1. The highest BCUT2D eigenvalue weighted by atomic mass is 15.1. The predicted molar refractivity (Wildman–Crippen MR) is 96.0 cm³/mol. The Kier molecular flexibility index (Phi) is 6.05. The van der Waals surface area contributed by atoms with Crippen molar-refractivity contribution in [2.24, 2.45) is 17.6 Å². The van der Waals surface area contributed by atoms with E-state index in [0.717, 1.165) is 24.9 Å². The van der Waals surface area contributed by atoms with Crippen LogP contribution in [0, 0.1) is 11.8 Å². The van der Waals surface area contributed by atoms with Crippen molar-refractivity contribution < 1.29 is 0 Å². The summed E-state index contributed by atoms with van der Waals surface area (Å²) in [5.41, 5.74) is 8.86. The van der Waals surface area contributed by atoms with E-state index in [1.54, 1.807) is 0 Å². The van der Waals surface area contributed by atoms with E-state index in [2.05, 4.69) is 57.0 Å². The molecule has 2 N–H and O–H groups in total. The fraction of sp³-hybridized carbons (Fsp3) is 0.700. The third-order valence-electron chi connectivity index (χ3n) is 5.14. The summed E-state index contributed by atoms with van der Waals surface area (Å²) in [5.74, 6) is 1.65. The van der Waals surface area contributed by atoms with Crippen LogP contribution in [0.25, 0.3) is 0 Å². The minimum atomic E-state index is 0.242. The summed E-state index contributed by atoms with van der Waals surface area (Å²) in [6.45, 7) is 9.96. The first-order valence-electron chi connectivity index (χ1n) is 8.86. The normalized spacial score (nSPS) is 23.0.